The molecule has 0 bridgehead atoms. The van der Waals surface area contributed by atoms with Crippen LogP contribution in [0.25, 0.3) is 0 Å². The second-order valence-corrected chi connectivity index (χ2v) is 12.8. The van der Waals surface area contributed by atoms with Crippen LogP contribution in [0.5, 0.6) is 0 Å². The van der Waals surface area contributed by atoms with Gasteiger partial charge in [-0.25, -0.2) is 0 Å². The average molecular weight is 471 g/mol. The first-order valence-corrected chi connectivity index (χ1v) is 12.7. The number of amides is 2. The first kappa shape index (κ1) is 31.9. The van der Waals surface area contributed by atoms with Crippen LogP contribution in [-0.2, 0) is 19.1 Å². The molecular weight excluding hydrogens is 416 g/mol. The average Bonchev–Trinajstić information content (AvgIpc) is 2.55. The topological polar surface area (TPSA) is 76.7 Å². The molecule has 5 atom stereocenters. The number of carbonyl (C=O) groups is 2. The summed E-state index contributed by atoms with van der Waals surface area (Å²) in [7, 11) is 0. The van der Waals surface area contributed by atoms with Crippen molar-refractivity contribution < 1.29 is 19.1 Å². The van der Waals surface area contributed by atoms with Gasteiger partial charge in [0, 0.05) is 24.9 Å². The fourth-order valence-corrected chi connectivity index (χ4v) is 4.39. The summed E-state index contributed by atoms with van der Waals surface area (Å²) in [6, 6.07) is -0.0880. The van der Waals surface area contributed by atoms with Gasteiger partial charge in [0.2, 0.25) is 11.8 Å². The molecule has 0 aromatic rings. The maximum atomic E-state index is 12.2. The number of hydrogen-bond donors (Lipinski definition) is 2. The molecule has 5 unspecified atom stereocenters. The van der Waals surface area contributed by atoms with Crippen molar-refractivity contribution in [3.05, 3.63) is 0 Å². The van der Waals surface area contributed by atoms with Crippen LogP contribution >= 0.6 is 0 Å². The highest BCUT2D eigenvalue weighted by atomic mass is 16.5. The van der Waals surface area contributed by atoms with E-state index in [0.717, 1.165) is 12.8 Å². The first-order valence-electron chi connectivity index (χ1n) is 12.7. The van der Waals surface area contributed by atoms with E-state index in [1.165, 1.54) is 0 Å². The van der Waals surface area contributed by atoms with E-state index in [-0.39, 0.29) is 40.8 Å². The summed E-state index contributed by atoms with van der Waals surface area (Å²) in [6.45, 7) is 24.7. The predicted molar refractivity (Wildman–Crippen MR) is 137 cm³/mol. The minimum atomic E-state index is -0.0844. The van der Waals surface area contributed by atoms with Gasteiger partial charge in [0.15, 0.2) is 0 Å². The molecule has 2 amide bonds. The zero-order chi connectivity index (χ0) is 25.8. The molecule has 0 fully saturated rings. The SMILES string of the molecule is CC(CC(=O)NC(C)COCC(C)OCC(C)NC(=O)CC(C)CC(C)(C)C)CC(C)(C)C. The molecule has 0 heterocycles. The summed E-state index contributed by atoms with van der Waals surface area (Å²) >= 11 is 0. The number of rotatable bonds is 15. The Bertz CT molecular complexity index is 565. The van der Waals surface area contributed by atoms with Crippen LogP contribution in [0.3, 0.4) is 0 Å². The molecule has 0 aromatic heterocycles. The lowest BCUT2D eigenvalue weighted by Gasteiger charge is -2.24. The van der Waals surface area contributed by atoms with Crippen molar-refractivity contribution in [2.24, 2.45) is 22.7 Å². The zero-order valence-electron chi connectivity index (χ0n) is 23.5. The molecular formula is C27H54N2O4. The summed E-state index contributed by atoms with van der Waals surface area (Å²) in [5, 5.41) is 6.04. The quantitative estimate of drug-likeness (QED) is 0.339. The van der Waals surface area contributed by atoms with E-state index in [1.54, 1.807) is 0 Å². The second-order valence-electron chi connectivity index (χ2n) is 12.8. The molecule has 0 rings (SSSR count). The van der Waals surface area contributed by atoms with Crippen LogP contribution in [0.1, 0.15) is 102 Å². The molecule has 196 valence electrons. The Hall–Kier alpha value is -1.14. The third-order valence-electron chi connectivity index (χ3n) is 5.16. The molecule has 0 aliphatic carbocycles. The van der Waals surface area contributed by atoms with E-state index in [0.29, 0.717) is 44.5 Å². The fraction of sp³-hybridized carbons (Fsp3) is 0.926. The lowest BCUT2D eigenvalue weighted by molar-refractivity contribution is -0.124. The largest absolute Gasteiger partial charge is 0.377 e. The molecule has 0 aliphatic rings. The Morgan fingerprint density at radius 3 is 1.45 bits per heavy atom. The van der Waals surface area contributed by atoms with Crippen LogP contribution in [0.15, 0.2) is 0 Å². The summed E-state index contributed by atoms with van der Waals surface area (Å²) in [6.07, 6.45) is 3.04. The highest BCUT2D eigenvalue weighted by molar-refractivity contribution is 5.76. The van der Waals surface area contributed by atoms with Crippen molar-refractivity contribution >= 4 is 11.8 Å². The van der Waals surface area contributed by atoms with Gasteiger partial charge in [-0.3, -0.25) is 9.59 Å². The Morgan fingerprint density at radius 2 is 1.06 bits per heavy atom. The van der Waals surface area contributed by atoms with Gasteiger partial charge in [0.1, 0.15) is 0 Å². The molecule has 6 nitrogen and oxygen atoms in total. The van der Waals surface area contributed by atoms with Crippen molar-refractivity contribution in [3.8, 4) is 0 Å². The molecule has 0 saturated carbocycles. The van der Waals surface area contributed by atoms with E-state index in [9.17, 15) is 9.59 Å². The van der Waals surface area contributed by atoms with Crippen LogP contribution in [0.2, 0.25) is 0 Å². The number of hydrogen-bond acceptors (Lipinski definition) is 4. The molecule has 0 saturated heterocycles. The van der Waals surface area contributed by atoms with E-state index in [2.05, 4.69) is 66.0 Å². The molecule has 0 aliphatic heterocycles. The van der Waals surface area contributed by atoms with E-state index in [1.807, 2.05) is 20.8 Å². The second kappa shape index (κ2) is 15.0. The maximum Gasteiger partial charge on any atom is 0.220 e. The maximum absolute atomic E-state index is 12.2. The molecule has 2 N–H and O–H groups in total. The molecule has 0 aromatic carbocycles. The van der Waals surface area contributed by atoms with Gasteiger partial charge in [0.05, 0.1) is 25.9 Å². The zero-order valence-corrected chi connectivity index (χ0v) is 23.5. The normalized spacial score (nSPS) is 17.1. The molecule has 33 heavy (non-hydrogen) atoms. The van der Waals surface area contributed by atoms with Crippen molar-refractivity contribution in [2.75, 3.05) is 19.8 Å². The molecule has 0 spiro atoms. The fourth-order valence-electron chi connectivity index (χ4n) is 4.39. The third kappa shape index (κ3) is 20.0. The predicted octanol–water partition coefficient (Wildman–Crippen LogP) is 5.34. The Balaban J connectivity index is 4.02. The lowest BCUT2D eigenvalue weighted by Crippen LogP contribution is -2.39. The van der Waals surface area contributed by atoms with Gasteiger partial charge in [-0.2, -0.15) is 0 Å². The summed E-state index contributed by atoms with van der Waals surface area (Å²) < 4.78 is 11.6. The monoisotopic (exact) mass is 470 g/mol. The summed E-state index contributed by atoms with van der Waals surface area (Å²) in [4.78, 5) is 24.5. The van der Waals surface area contributed by atoms with E-state index in [4.69, 9.17) is 9.47 Å². The Kier molecular flexibility index (Phi) is 14.5. The van der Waals surface area contributed by atoms with Crippen molar-refractivity contribution in [3.63, 3.8) is 0 Å². The summed E-state index contributed by atoms with van der Waals surface area (Å²) in [5.74, 6) is 0.868. The van der Waals surface area contributed by atoms with Crippen molar-refractivity contribution in [1.29, 1.82) is 0 Å². The molecule has 6 heteroatoms. The van der Waals surface area contributed by atoms with Crippen molar-refractivity contribution in [1.82, 2.24) is 10.6 Å². The standard InChI is InChI=1S/C27H54N2O4/c1-19(14-26(6,7)8)12-24(30)28-21(3)16-32-18-23(5)33-17-22(4)29-25(31)13-20(2)15-27(9,10)11/h19-23H,12-18H2,1-11H3,(H,28,30)(H,29,31). The molecule has 0 radical (unpaired) electrons. The number of nitrogens with one attached hydrogen (secondary N) is 2. The highest BCUT2D eigenvalue weighted by Crippen LogP contribution is 2.26. The van der Waals surface area contributed by atoms with E-state index >= 15 is 0 Å². The van der Waals surface area contributed by atoms with Gasteiger partial charge in [-0.05, 0) is 56.3 Å². The van der Waals surface area contributed by atoms with Gasteiger partial charge in [-0.1, -0.05) is 55.4 Å². The van der Waals surface area contributed by atoms with Crippen LogP contribution < -0.4 is 10.6 Å². The lowest BCUT2D eigenvalue weighted by atomic mass is 9.84. The van der Waals surface area contributed by atoms with Crippen molar-refractivity contribution in [2.45, 2.75) is 120 Å². The van der Waals surface area contributed by atoms with Crippen LogP contribution in [0, 0.1) is 22.7 Å². The van der Waals surface area contributed by atoms with Gasteiger partial charge in [-0.15, -0.1) is 0 Å². The minimum absolute atomic E-state index is 0.0418. The Morgan fingerprint density at radius 1 is 0.667 bits per heavy atom. The smallest absolute Gasteiger partial charge is 0.220 e. The Labute approximate surface area is 204 Å². The number of ether oxygens (including phenoxy) is 2. The van der Waals surface area contributed by atoms with Gasteiger partial charge >= 0.3 is 0 Å². The van der Waals surface area contributed by atoms with E-state index < -0.39 is 0 Å². The van der Waals surface area contributed by atoms with Gasteiger partial charge < -0.3 is 20.1 Å². The minimum Gasteiger partial charge on any atom is -0.377 e. The van der Waals surface area contributed by atoms with Crippen LogP contribution in [0.4, 0.5) is 0 Å². The highest BCUT2D eigenvalue weighted by Gasteiger charge is 2.20. The van der Waals surface area contributed by atoms with Crippen LogP contribution in [-0.4, -0.2) is 49.8 Å². The van der Waals surface area contributed by atoms with Gasteiger partial charge in [0.25, 0.3) is 0 Å². The first-order chi connectivity index (χ1) is 15.0. The third-order valence-corrected chi connectivity index (χ3v) is 5.16. The number of carbonyl (C=O) groups excluding carboxylic acids is 2. The summed E-state index contributed by atoms with van der Waals surface area (Å²) in [5.41, 5.74) is 0.463.